The van der Waals surface area contributed by atoms with Crippen molar-refractivity contribution in [2.24, 2.45) is 0 Å². The van der Waals surface area contributed by atoms with Crippen LogP contribution in [0.3, 0.4) is 0 Å². The number of nitrogens with one attached hydrogen (secondary N) is 1. The zero-order chi connectivity index (χ0) is 14.7. The lowest BCUT2D eigenvalue weighted by atomic mass is 10.1. The summed E-state index contributed by atoms with van der Waals surface area (Å²) >= 11 is 0. The van der Waals surface area contributed by atoms with Crippen LogP contribution in [0.4, 0.5) is 11.4 Å². The molecule has 0 radical (unpaired) electrons. The second kappa shape index (κ2) is 5.58. The zero-order valence-corrected chi connectivity index (χ0v) is 11.2. The van der Waals surface area contributed by atoms with E-state index >= 15 is 0 Å². The van der Waals surface area contributed by atoms with Crippen molar-refractivity contribution in [1.29, 1.82) is 0 Å². The molecule has 0 saturated heterocycles. The summed E-state index contributed by atoms with van der Waals surface area (Å²) in [7, 11) is 0. The maximum absolute atomic E-state index is 10.8. The summed E-state index contributed by atoms with van der Waals surface area (Å²) in [6.07, 6.45) is 3.64. The van der Waals surface area contributed by atoms with Crippen LogP contribution in [0, 0.1) is 10.1 Å². The third-order valence-electron chi connectivity index (χ3n) is 3.29. The third-order valence-corrected chi connectivity index (χ3v) is 3.29. The monoisotopic (exact) mass is 279 g/mol. The molecule has 0 fully saturated rings. The smallest absolute Gasteiger partial charge is 0.271 e. The van der Waals surface area contributed by atoms with Crippen LogP contribution < -0.4 is 5.32 Å². The molecule has 0 amide bonds. The van der Waals surface area contributed by atoms with Gasteiger partial charge in [0.1, 0.15) is 0 Å². The predicted molar refractivity (Wildman–Crippen MR) is 82.2 cm³/mol. The highest BCUT2D eigenvalue weighted by Gasteiger charge is 2.06. The number of hydrogen-bond acceptors (Lipinski definition) is 4. The standard InChI is InChI=1S/C16H13N3O2/c20-19(21)15-6-3-5-14(8-15)18-11-13-10-17-9-12-4-1-2-7-16(12)13/h1-10,18H,11H2. The molecule has 0 spiro atoms. The molecule has 5 heteroatoms. The second-order valence-electron chi connectivity index (χ2n) is 4.68. The summed E-state index contributed by atoms with van der Waals surface area (Å²) in [6.45, 7) is 0.565. The van der Waals surface area contributed by atoms with Gasteiger partial charge in [-0.25, -0.2) is 0 Å². The molecule has 1 aromatic heterocycles. The number of nitro benzene ring substituents is 1. The molecule has 21 heavy (non-hydrogen) atoms. The van der Waals surface area contributed by atoms with Gasteiger partial charge in [0, 0.05) is 42.1 Å². The van der Waals surface area contributed by atoms with Crippen LogP contribution in [-0.4, -0.2) is 9.91 Å². The first-order chi connectivity index (χ1) is 10.2. The average molecular weight is 279 g/mol. The summed E-state index contributed by atoms with van der Waals surface area (Å²) in [4.78, 5) is 14.6. The molecule has 0 bridgehead atoms. The van der Waals surface area contributed by atoms with E-state index < -0.39 is 4.92 Å². The van der Waals surface area contributed by atoms with E-state index in [9.17, 15) is 10.1 Å². The quantitative estimate of drug-likeness (QED) is 0.583. The van der Waals surface area contributed by atoms with E-state index in [0.29, 0.717) is 6.54 Å². The fourth-order valence-electron chi connectivity index (χ4n) is 2.25. The number of fused-ring (bicyclic) bond motifs is 1. The van der Waals surface area contributed by atoms with Crippen molar-refractivity contribution in [2.45, 2.75) is 6.54 Å². The van der Waals surface area contributed by atoms with Crippen molar-refractivity contribution in [3.63, 3.8) is 0 Å². The maximum atomic E-state index is 10.8. The van der Waals surface area contributed by atoms with Gasteiger partial charge in [0.05, 0.1) is 4.92 Å². The Labute approximate surface area is 121 Å². The number of hydrogen-bond donors (Lipinski definition) is 1. The van der Waals surface area contributed by atoms with Gasteiger partial charge in [-0.2, -0.15) is 0 Å². The zero-order valence-electron chi connectivity index (χ0n) is 11.2. The van der Waals surface area contributed by atoms with Crippen LogP contribution in [0.15, 0.2) is 60.9 Å². The molecule has 1 N–H and O–H groups in total. The first-order valence-electron chi connectivity index (χ1n) is 6.54. The van der Waals surface area contributed by atoms with Gasteiger partial charge in [-0.3, -0.25) is 15.1 Å². The van der Waals surface area contributed by atoms with Crippen LogP contribution in [0.5, 0.6) is 0 Å². The minimum absolute atomic E-state index is 0.0797. The molecule has 0 unspecified atom stereocenters. The van der Waals surface area contributed by atoms with E-state index in [1.165, 1.54) is 12.1 Å². The highest BCUT2D eigenvalue weighted by atomic mass is 16.6. The molecule has 3 rings (SSSR count). The molecule has 5 nitrogen and oxygen atoms in total. The third kappa shape index (κ3) is 2.81. The molecule has 1 heterocycles. The molecular formula is C16H13N3O2. The summed E-state index contributed by atoms with van der Waals surface area (Å²) in [6, 6.07) is 14.5. The van der Waals surface area contributed by atoms with Gasteiger partial charge in [0.25, 0.3) is 5.69 Å². The van der Waals surface area contributed by atoms with E-state index in [-0.39, 0.29) is 5.69 Å². The average Bonchev–Trinajstić information content (AvgIpc) is 2.53. The van der Waals surface area contributed by atoms with Crippen LogP contribution in [0.2, 0.25) is 0 Å². The van der Waals surface area contributed by atoms with Crippen molar-refractivity contribution < 1.29 is 4.92 Å². The fraction of sp³-hybridized carbons (Fsp3) is 0.0625. The lowest BCUT2D eigenvalue weighted by Crippen LogP contribution is -2.01. The summed E-state index contributed by atoms with van der Waals surface area (Å²) in [5.74, 6) is 0. The van der Waals surface area contributed by atoms with Gasteiger partial charge in [0.2, 0.25) is 0 Å². The minimum Gasteiger partial charge on any atom is -0.381 e. The number of nitro groups is 1. The lowest BCUT2D eigenvalue weighted by molar-refractivity contribution is -0.384. The number of pyridine rings is 1. The number of rotatable bonds is 4. The van der Waals surface area contributed by atoms with Gasteiger partial charge < -0.3 is 5.32 Å². The Morgan fingerprint density at radius 3 is 2.81 bits per heavy atom. The second-order valence-corrected chi connectivity index (χ2v) is 4.68. The first kappa shape index (κ1) is 13.1. The molecule has 0 atom stereocenters. The summed E-state index contributed by atoms with van der Waals surface area (Å²) in [5.41, 5.74) is 1.85. The Morgan fingerprint density at radius 2 is 1.95 bits per heavy atom. The van der Waals surface area contributed by atoms with E-state index in [1.54, 1.807) is 6.07 Å². The molecule has 0 saturated carbocycles. The topological polar surface area (TPSA) is 68.1 Å². The van der Waals surface area contributed by atoms with Gasteiger partial charge >= 0.3 is 0 Å². The highest BCUT2D eigenvalue weighted by molar-refractivity contribution is 5.84. The Kier molecular flexibility index (Phi) is 3.47. The van der Waals surface area contributed by atoms with Crippen molar-refractivity contribution in [2.75, 3.05) is 5.32 Å². The van der Waals surface area contributed by atoms with Gasteiger partial charge in [0.15, 0.2) is 0 Å². The number of benzene rings is 2. The van der Waals surface area contributed by atoms with Crippen LogP contribution in [0.1, 0.15) is 5.56 Å². The van der Waals surface area contributed by atoms with E-state index in [4.69, 9.17) is 0 Å². The minimum atomic E-state index is -0.398. The van der Waals surface area contributed by atoms with E-state index in [2.05, 4.69) is 10.3 Å². The number of aromatic nitrogens is 1. The molecule has 0 aliphatic heterocycles. The number of non-ortho nitro benzene ring substituents is 1. The van der Waals surface area contributed by atoms with Crippen molar-refractivity contribution in [3.05, 3.63) is 76.6 Å². The molecule has 0 aliphatic rings. The molecular weight excluding hydrogens is 266 g/mol. The molecule has 0 aliphatic carbocycles. The molecule has 3 aromatic rings. The number of anilines is 1. The predicted octanol–water partition coefficient (Wildman–Crippen LogP) is 3.76. The normalized spacial score (nSPS) is 10.5. The van der Waals surface area contributed by atoms with Crippen LogP contribution in [-0.2, 0) is 6.54 Å². The first-order valence-corrected chi connectivity index (χ1v) is 6.54. The molecule has 104 valence electrons. The Bertz CT molecular complexity index is 797. The summed E-state index contributed by atoms with van der Waals surface area (Å²) in [5, 5.41) is 16.2. The Balaban J connectivity index is 1.84. The fourth-order valence-corrected chi connectivity index (χ4v) is 2.25. The van der Waals surface area contributed by atoms with E-state index in [1.807, 2.05) is 42.7 Å². The van der Waals surface area contributed by atoms with Crippen LogP contribution in [0.25, 0.3) is 10.8 Å². The largest absolute Gasteiger partial charge is 0.381 e. The maximum Gasteiger partial charge on any atom is 0.271 e. The van der Waals surface area contributed by atoms with Crippen LogP contribution >= 0.6 is 0 Å². The molecule has 2 aromatic carbocycles. The lowest BCUT2D eigenvalue weighted by Gasteiger charge is -2.08. The van der Waals surface area contributed by atoms with Crippen molar-refractivity contribution in [1.82, 2.24) is 4.98 Å². The Hall–Kier alpha value is -2.95. The number of nitrogens with zero attached hydrogens (tertiary/aromatic N) is 2. The highest BCUT2D eigenvalue weighted by Crippen LogP contribution is 2.20. The summed E-state index contributed by atoms with van der Waals surface area (Å²) < 4.78 is 0. The SMILES string of the molecule is O=[N+]([O-])c1cccc(NCc2cncc3ccccc23)c1. The van der Waals surface area contributed by atoms with Crippen molar-refractivity contribution in [3.8, 4) is 0 Å². The van der Waals surface area contributed by atoms with Gasteiger partial charge in [-0.05, 0) is 17.0 Å². The van der Waals surface area contributed by atoms with E-state index in [0.717, 1.165) is 22.0 Å². The van der Waals surface area contributed by atoms with Gasteiger partial charge in [-0.1, -0.05) is 30.3 Å². The Morgan fingerprint density at radius 1 is 1.10 bits per heavy atom. The van der Waals surface area contributed by atoms with Crippen molar-refractivity contribution >= 4 is 22.1 Å². The van der Waals surface area contributed by atoms with Gasteiger partial charge in [-0.15, -0.1) is 0 Å².